The van der Waals surface area contributed by atoms with Crippen molar-refractivity contribution in [2.24, 2.45) is 5.92 Å². The second kappa shape index (κ2) is 6.51. The number of rotatable bonds is 5. The molecule has 2 saturated heterocycles. The van der Waals surface area contributed by atoms with Crippen molar-refractivity contribution in [3.05, 3.63) is 71.8 Å². The third-order valence-corrected chi connectivity index (χ3v) is 7.04. The van der Waals surface area contributed by atoms with Crippen molar-refractivity contribution < 1.29 is 4.74 Å². The van der Waals surface area contributed by atoms with E-state index in [-0.39, 0.29) is 11.2 Å². The Bertz CT molecular complexity index is 745. The summed E-state index contributed by atoms with van der Waals surface area (Å²) in [6.07, 6.45) is 2.30. The molecule has 2 aromatic carbocycles. The molecular weight excluding hydrogens is 318 g/mol. The van der Waals surface area contributed by atoms with E-state index in [4.69, 9.17) is 4.74 Å². The highest BCUT2D eigenvalue weighted by molar-refractivity contribution is 5.39. The number of piperidine rings is 1. The Morgan fingerprint density at radius 3 is 2.12 bits per heavy atom. The molecule has 0 saturated carbocycles. The number of hydrogen-bond donors (Lipinski definition) is 0. The first-order valence-electron chi connectivity index (χ1n) is 10.1. The van der Waals surface area contributed by atoms with Gasteiger partial charge in [0.2, 0.25) is 0 Å². The molecule has 0 spiro atoms. The molecule has 0 bridgehead atoms. The maximum Gasteiger partial charge on any atom is 0.128 e. The summed E-state index contributed by atoms with van der Waals surface area (Å²) in [5.74, 6) is 0.514. The molecule has 2 heterocycles. The van der Waals surface area contributed by atoms with Gasteiger partial charge in [-0.2, -0.15) is 0 Å². The molecule has 2 aliphatic rings. The van der Waals surface area contributed by atoms with Crippen molar-refractivity contribution in [2.75, 3.05) is 0 Å². The predicted molar refractivity (Wildman–Crippen MR) is 107 cm³/mol. The highest BCUT2D eigenvalue weighted by Gasteiger charge is 2.77. The molecule has 5 atom stereocenters. The summed E-state index contributed by atoms with van der Waals surface area (Å²) in [7, 11) is 0. The monoisotopic (exact) mass is 349 g/mol. The van der Waals surface area contributed by atoms with Crippen molar-refractivity contribution in [3.8, 4) is 0 Å². The standard InChI is InChI=1S/C24H31NO/c1-5-21-22(6-2)25(17-19-13-9-7-10-14-19)18(3)23(4)24(21,26-23)20-15-11-8-12-16-20/h7-16,18,21-22H,5-6,17H2,1-4H3/t18-,21-,22-,23+,24-/m1/s1. The quantitative estimate of drug-likeness (QED) is 0.674. The third-order valence-electron chi connectivity index (χ3n) is 7.04. The van der Waals surface area contributed by atoms with Gasteiger partial charge in [-0.15, -0.1) is 0 Å². The van der Waals surface area contributed by atoms with E-state index in [9.17, 15) is 0 Å². The number of ether oxygens (including phenoxy) is 1. The highest BCUT2D eigenvalue weighted by atomic mass is 16.6. The van der Waals surface area contributed by atoms with Gasteiger partial charge in [0.1, 0.15) is 11.2 Å². The SMILES string of the molecule is CC[C@@H]1[C@@H](CC)[C@@]2(c3ccccc3)O[C@@]2(C)[C@@H](C)N1Cc1ccccc1. The molecule has 0 unspecified atom stereocenters. The summed E-state index contributed by atoms with van der Waals surface area (Å²) in [6, 6.07) is 22.7. The zero-order chi connectivity index (χ0) is 18.4. The van der Waals surface area contributed by atoms with Crippen molar-refractivity contribution >= 4 is 0 Å². The largest absolute Gasteiger partial charge is 0.356 e. The lowest BCUT2D eigenvalue weighted by Gasteiger charge is -2.49. The third kappa shape index (κ3) is 2.39. The topological polar surface area (TPSA) is 15.8 Å². The molecule has 2 aliphatic heterocycles. The van der Waals surface area contributed by atoms with Crippen LogP contribution in [0.25, 0.3) is 0 Å². The Kier molecular flexibility index (Phi) is 4.45. The Morgan fingerprint density at radius 1 is 0.923 bits per heavy atom. The average Bonchev–Trinajstić information content (AvgIpc) is 3.34. The first-order valence-corrected chi connectivity index (χ1v) is 10.1. The summed E-state index contributed by atoms with van der Waals surface area (Å²) >= 11 is 0. The van der Waals surface area contributed by atoms with Gasteiger partial charge in [-0.25, -0.2) is 0 Å². The van der Waals surface area contributed by atoms with Crippen LogP contribution in [0.15, 0.2) is 60.7 Å². The molecular formula is C24H31NO. The summed E-state index contributed by atoms with van der Waals surface area (Å²) in [5.41, 5.74) is 2.51. The van der Waals surface area contributed by atoms with Crippen LogP contribution in [0.5, 0.6) is 0 Å². The molecule has 0 aromatic heterocycles. The number of benzene rings is 2. The van der Waals surface area contributed by atoms with Crippen LogP contribution in [0.1, 0.15) is 51.7 Å². The molecule has 4 rings (SSSR count). The predicted octanol–water partition coefficient (Wildman–Crippen LogP) is 5.38. The minimum Gasteiger partial charge on any atom is -0.356 e. The van der Waals surface area contributed by atoms with Gasteiger partial charge in [0.25, 0.3) is 0 Å². The lowest BCUT2D eigenvalue weighted by molar-refractivity contribution is 0.00899. The lowest BCUT2D eigenvalue weighted by atomic mass is 9.66. The van der Waals surface area contributed by atoms with Gasteiger partial charge in [0, 0.05) is 24.5 Å². The summed E-state index contributed by atoms with van der Waals surface area (Å²) in [5, 5.41) is 0. The van der Waals surface area contributed by atoms with E-state index in [0.29, 0.717) is 18.0 Å². The van der Waals surface area contributed by atoms with E-state index < -0.39 is 0 Å². The van der Waals surface area contributed by atoms with Crippen LogP contribution in [-0.4, -0.2) is 22.6 Å². The Labute approximate surface area is 158 Å². The Hall–Kier alpha value is -1.64. The fourth-order valence-electron chi connectivity index (χ4n) is 5.63. The summed E-state index contributed by atoms with van der Waals surface area (Å²) in [6.45, 7) is 10.4. The minimum absolute atomic E-state index is 0.116. The molecule has 138 valence electrons. The number of epoxide rings is 1. The molecule has 2 heteroatoms. The van der Waals surface area contributed by atoms with Gasteiger partial charge < -0.3 is 4.74 Å². The van der Waals surface area contributed by atoms with Gasteiger partial charge in [0.15, 0.2) is 0 Å². The van der Waals surface area contributed by atoms with Crippen LogP contribution in [0.4, 0.5) is 0 Å². The van der Waals surface area contributed by atoms with E-state index in [1.54, 1.807) is 0 Å². The van der Waals surface area contributed by atoms with Gasteiger partial charge >= 0.3 is 0 Å². The molecule has 0 amide bonds. The van der Waals surface area contributed by atoms with E-state index in [1.807, 2.05) is 0 Å². The van der Waals surface area contributed by atoms with E-state index in [2.05, 4.69) is 93.3 Å². The van der Waals surface area contributed by atoms with Crippen molar-refractivity contribution in [1.29, 1.82) is 0 Å². The normalized spacial score (nSPS) is 36.5. The first kappa shape index (κ1) is 17.8. The second-order valence-corrected chi connectivity index (χ2v) is 8.14. The maximum absolute atomic E-state index is 6.71. The second-order valence-electron chi connectivity index (χ2n) is 8.14. The van der Waals surface area contributed by atoms with Crippen molar-refractivity contribution in [3.63, 3.8) is 0 Å². The van der Waals surface area contributed by atoms with E-state index in [1.165, 1.54) is 11.1 Å². The molecule has 2 fully saturated rings. The molecule has 26 heavy (non-hydrogen) atoms. The minimum atomic E-state index is -0.129. The Balaban J connectivity index is 1.74. The van der Waals surface area contributed by atoms with E-state index in [0.717, 1.165) is 19.4 Å². The first-order chi connectivity index (χ1) is 12.6. The van der Waals surface area contributed by atoms with Crippen molar-refractivity contribution in [1.82, 2.24) is 4.90 Å². The highest BCUT2D eigenvalue weighted by Crippen LogP contribution is 2.67. The van der Waals surface area contributed by atoms with Crippen molar-refractivity contribution in [2.45, 2.75) is 70.4 Å². The summed E-state index contributed by atoms with van der Waals surface area (Å²) in [4.78, 5) is 2.71. The molecule has 0 radical (unpaired) electrons. The van der Waals surface area contributed by atoms with Crippen LogP contribution in [0, 0.1) is 5.92 Å². The molecule has 2 nitrogen and oxygen atoms in total. The fraction of sp³-hybridized carbons (Fsp3) is 0.500. The average molecular weight is 350 g/mol. The number of likely N-dealkylation sites (tertiary alicyclic amines) is 1. The summed E-state index contributed by atoms with van der Waals surface area (Å²) < 4.78 is 6.71. The molecule has 0 aliphatic carbocycles. The van der Waals surface area contributed by atoms with Gasteiger partial charge in [0.05, 0.1) is 0 Å². The lowest BCUT2D eigenvalue weighted by Crippen LogP contribution is -2.60. The van der Waals surface area contributed by atoms with Crippen LogP contribution >= 0.6 is 0 Å². The van der Waals surface area contributed by atoms with Gasteiger partial charge in [-0.1, -0.05) is 74.5 Å². The molecule has 2 aromatic rings. The number of hydrogen-bond acceptors (Lipinski definition) is 2. The zero-order valence-electron chi connectivity index (χ0n) is 16.5. The van der Waals surface area contributed by atoms with Crippen LogP contribution in [0.2, 0.25) is 0 Å². The fourth-order valence-corrected chi connectivity index (χ4v) is 5.63. The van der Waals surface area contributed by atoms with Gasteiger partial charge in [-0.05, 0) is 37.8 Å². The van der Waals surface area contributed by atoms with Crippen LogP contribution in [0.3, 0.4) is 0 Å². The molecule has 0 N–H and O–H groups in total. The smallest absolute Gasteiger partial charge is 0.128 e. The van der Waals surface area contributed by atoms with Gasteiger partial charge in [-0.3, -0.25) is 4.90 Å². The number of nitrogens with zero attached hydrogens (tertiary/aromatic N) is 1. The number of fused-ring (bicyclic) bond motifs is 1. The maximum atomic E-state index is 6.71. The van der Waals surface area contributed by atoms with Crippen LogP contribution in [-0.2, 0) is 16.9 Å². The zero-order valence-corrected chi connectivity index (χ0v) is 16.5. The Morgan fingerprint density at radius 2 is 1.54 bits per heavy atom. The van der Waals surface area contributed by atoms with E-state index >= 15 is 0 Å². The van der Waals surface area contributed by atoms with Crippen LogP contribution < -0.4 is 0 Å².